The summed E-state index contributed by atoms with van der Waals surface area (Å²) in [6.45, 7) is 7.07. The fraction of sp³-hybridized carbons (Fsp3) is 0.462. The number of aryl methyl sites for hydroxylation is 2. The second-order valence-corrected chi connectivity index (χ2v) is 5.22. The summed E-state index contributed by atoms with van der Waals surface area (Å²) in [5.41, 5.74) is 1.25. The number of rotatable bonds is 6. The number of hydrogen-bond acceptors (Lipinski definition) is 3. The molecule has 0 atom stereocenters. The Kier molecular flexibility index (Phi) is 4.34. The first-order valence-corrected chi connectivity index (χ1v) is 6.94. The molecule has 0 aliphatic carbocycles. The number of nitrogens with zero attached hydrogens (tertiary/aromatic N) is 2. The van der Waals surface area contributed by atoms with Gasteiger partial charge in [0.25, 0.3) is 0 Å². The van der Waals surface area contributed by atoms with E-state index in [-0.39, 0.29) is 0 Å². The van der Waals surface area contributed by atoms with Crippen LogP contribution >= 0.6 is 11.3 Å². The average molecular weight is 249 g/mol. The summed E-state index contributed by atoms with van der Waals surface area (Å²) in [4.78, 5) is 2.87. The van der Waals surface area contributed by atoms with E-state index in [4.69, 9.17) is 0 Å². The minimum Gasteiger partial charge on any atom is -0.306 e. The molecule has 2 aromatic heterocycles. The fourth-order valence-corrected chi connectivity index (χ4v) is 2.74. The van der Waals surface area contributed by atoms with Crippen LogP contribution in [0.3, 0.4) is 0 Å². The summed E-state index contributed by atoms with van der Waals surface area (Å²) in [5.74, 6) is 0. The highest BCUT2D eigenvalue weighted by Gasteiger charge is 2.01. The summed E-state index contributed by atoms with van der Waals surface area (Å²) < 4.78 is 2.03. The standard InChI is InChI=1S/C13H19N3S/c1-3-12-5-6-13(17-12)10-14-9-11-7-8-15-16(11)4-2/h5-8,14H,3-4,9-10H2,1-2H3. The van der Waals surface area contributed by atoms with Crippen LogP contribution in [0.15, 0.2) is 24.4 Å². The van der Waals surface area contributed by atoms with E-state index in [1.807, 2.05) is 22.2 Å². The minimum absolute atomic E-state index is 0.882. The van der Waals surface area contributed by atoms with Gasteiger partial charge in [-0.25, -0.2) is 0 Å². The largest absolute Gasteiger partial charge is 0.306 e. The fourth-order valence-electron chi connectivity index (χ4n) is 1.82. The minimum atomic E-state index is 0.882. The molecule has 0 spiro atoms. The maximum atomic E-state index is 4.26. The lowest BCUT2D eigenvalue weighted by atomic mass is 10.3. The van der Waals surface area contributed by atoms with E-state index in [2.05, 4.69) is 42.5 Å². The predicted molar refractivity (Wildman–Crippen MR) is 72.1 cm³/mol. The topological polar surface area (TPSA) is 29.9 Å². The highest BCUT2D eigenvalue weighted by molar-refractivity contribution is 7.11. The monoisotopic (exact) mass is 249 g/mol. The molecule has 0 aliphatic heterocycles. The maximum absolute atomic E-state index is 4.26. The van der Waals surface area contributed by atoms with E-state index in [0.717, 1.165) is 26.1 Å². The van der Waals surface area contributed by atoms with Gasteiger partial charge >= 0.3 is 0 Å². The van der Waals surface area contributed by atoms with Crippen molar-refractivity contribution in [1.29, 1.82) is 0 Å². The highest BCUT2D eigenvalue weighted by atomic mass is 32.1. The molecule has 0 amide bonds. The van der Waals surface area contributed by atoms with Gasteiger partial charge in [-0.2, -0.15) is 5.10 Å². The lowest BCUT2D eigenvalue weighted by molar-refractivity contribution is 0.583. The van der Waals surface area contributed by atoms with Crippen LogP contribution < -0.4 is 5.32 Å². The van der Waals surface area contributed by atoms with Crippen molar-refractivity contribution in [2.24, 2.45) is 0 Å². The van der Waals surface area contributed by atoms with Gasteiger partial charge in [0.15, 0.2) is 0 Å². The molecule has 4 heteroatoms. The van der Waals surface area contributed by atoms with Gasteiger partial charge in [-0.05, 0) is 31.5 Å². The molecular formula is C13H19N3S. The van der Waals surface area contributed by atoms with E-state index in [9.17, 15) is 0 Å². The van der Waals surface area contributed by atoms with E-state index in [1.165, 1.54) is 15.4 Å². The van der Waals surface area contributed by atoms with Crippen molar-refractivity contribution >= 4 is 11.3 Å². The molecule has 0 fully saturated rings. The molecule has 2 aromatic rings. The van der Waals surface area contributed by atoms with Gasteiger partial charge in [0.2, 0.25) is 0 Å². The smallest absolute Gasteiger partial charge is 0.0522 e. The number of thiophene rings is 1. The van der Waals surface area contributed by atoms with Crippen LogP contribution in [0.1, 0.15) is 29.3 Å². The zero-order valence-corrected chi connectivity index (χ0v) is 11.3. The zero-order chi connectivity index (χ0) is 12.1. The van der Waals surface area contributed by atoms with Gasteiger partial charge in [-0.3, -0.25) is 4.68 Å². The molecule has 0 saturated heterocycles. The van der Waals surface area contributed by atoms with Crippen LogP contribution in [-0.2, 0) is 26.1 Å². The first-order chi connectivity index (χ1) is 8.33. The second kappa shape index (κ2) is 5.98. The van der Waals surface area contributed by atoms with Crippen molar-refractivity contribution in [3.8, 4) is 0 Å². The lowest BCUT2D eigenvalue weighted by Crippen LogP contribution is -2.15. The van der Waals surface area contributed by atoms with E-state index in [1.54, 1.807) is 0 Å². The van der Waals surface area contributed by atoms with Crippen molar-refractivity contribution < 1.29 is 0 Å². The molecular weight excluding hydrogens is 230 g/mol. The highest BCUT2D eigenvalue weighted by Crippen LogP contribution is 2.16. The Morgan fingerprint density at radius 1 is 1.18 bits per heavy atom. The van der Waals surface area contributed by atoms with E-state index < -0.39 is 0 Å². The summed E-state index contributed by atoms with van der Waals surface area (Å²) in [6.07, 6.45) is 2.99. The quantitative estimate of drug-likeness (QED) is 0.853. The van der Waals surface area contributed by atoms with Gasteiger partial charge in [-0.1, -0.05) is 6.92 Å². The number of aromatic nitrogens is 2. The third-order valence-corrected chi connectivity index (χ3v) is 4.00. The Morgan fingerprint density at radius 2 is 2.00 bits per heavy atom. The molecule has 0 saturated carbocycles. The molecule has 2 heterocycles. The van der Waals surface area contributed by atoms with Crippen LogP contribution in [0.5, 0.6) is 0 Å². The molecule has 0 unspecified atom stereocenters. The van der Waals surface area contributed by atoms with Crippen molar-refractivity contribution in [3.05, 3.63) is 39.8 Å². The Morgan fingerprint density at radius 3 is 2.71 bits per heavy atom. The van der Waals surface area contributed by atoms with Crippen LogP contribution in [0.4, 0.5) is 0 Å². The summed E-state index contributed by atoms with van der Waals surface area (Å²) in [6, 6.07) is 6.51. The third-order valence-electron chi connectivity index (χ3n) is 2.78. The van der Waals surface area contributed by atoms with Crippen molar-refractivity contribution in [2.75, 3.05) is 0 Å². The van der Waals surface area contributed by atoms with Crippen LogP contribution in [-0.4, -0.2) is 9.78 Å². The molecule has 17 heavy (non-hydrogen) atoms. The lowest BCUT2D eigenvalue weighted by Gasteiger charge is -2.05. The molecule has 0 aliphatic rings. The Hall–Kier alpha value is -1.13. The normalized spacial score (nSPS) is 10.9. The van der Waals surface area contributed by atoms with Crippen LogP contribution in [0.2, 0.25) is 0 Å². The Labute approximate surface area is 106 Å². The van der Waals surface area contributed by atoms with Gasteiger partial charge in [0.05, 0.1) is 5.69 Å². The molecule has 0 aromatic carbocycles. The van der Waals surface area contributed by atoms with Crippen molar-refractivity contribution in [1.82, 2.24) is 15.1 Å². The molecule has 92 valence electrons. The average Bonchev–Trinajstić information content (AvgIpc) is 2.97. The van der Waals surface area contributed by atoms with Gasteiger partial charge in [0.1, 0.15) is 0 Å². The molecule has 0 radical (unpaired) electrons. The van der Waals surface area contributed by atoms with Crippen LogP contribution in [0, 0.1) is 0 Å². The first-order valence-electron chi connectivity index (χ1n) is 6.12. The number of nitrogens with one attached hydrogen (secondary N) is 1. The summed E-state index contributed by atoms with van der Waals surface area (Å²) in [5, 5.41) is 7.72. The van der Waals surface area contributed by atoms with Crippen LogP contribution in [0.25, 0.3) is 0 Å². The van der Waals surface area contributed by atoms with Gasteiger partial charge < -0.3 is 5.32 Å². The van der Waals surface area contributed by atoms with Crippen molar-refractivity contribution in [3.63, 3.8) is 0 Å². The first kappa shape index (κ1) is 12.3. The Bertz CT molecular complexity index is 459. The molecule has 1 N–H and O–H groups in total. The van der Waals surface area contributed by atoms with Gasteiger partial charge in [0, 0.05) is 35.6 Å². The van der Waals surface area contributed by atoms with E-state index >= 15 is 0 Å². The zero-order valence-electron chi connectivity index (χ0n) is 10.4. The summed E-state index contributed by atoms with van der Waals surface area (Å²) >= 11 is 1.90. The Balaban J connectivity index is 1.83. The third kappa shape index (κ3) is 3.17. The molecule has 2 rings (SSSR count). The van der Waals surface area contributed by atoms with E-state index in [0.29, 0.717) is 0 Å². The van der Waals surface area contributed by atoms with Crippen molar-refractivity contribution in [2.45, 2.75) is 39.9 Å². The number of hydrogen-bond donors (Lipinski definition) is 1. The predicted octanol–water partition coefficient (Wildman–Crippen LogP) is 2.82. The SMILES string of the molecule is CCc1ccc(CNCc2ccnn2CC)s1. The molecule has 0 bridgehead atoms. The van der Waals surface area contributed by atoms with Gasteiger partial charge in [-0.15, -0.1) is 11.3 Å². The second-order valence-electron chi connectivity index (χ2n) is 3.96. The molecule has 3 nitrogen and oxygen atoms in total. The maximum Gasteiger partial charge on any atom is 0.0522 e. The summed E-state index contributed by atoms with van der Waals surface area (Å²) in [7, 11) is 0.